The maximum atomic E-state index is 2.38. The highest BCUT2D eigenvalue weighted by atomic mass is 16.0. The van der Waals surface area contributed by atoms with Crippen LogP contribution in [0.4, 0.5) is 0 Å². The van der Waals surface area contributed by atoms with Gasteiger partial charge in [0.1, 0.15) is 0 Å². The van der Waals surface area contributed by atoms with Crippen LogP contribution in [0.5, 0.6) is 0 Å². The lowest BCUT2D eigenvalue weighted by atomic mass is 9.69. The first-order chi connectivity index (χ1) is 7.45. The molecule has 93 valence electrons. The molecule has 2 nitrogen and oxygen atoms in total. The lowest BCUT2D eigenvalue weighted by molar-refractivity contribution is 0.419. The standard InChI is InChI=1S/C14H18B.2H2O/c1-3-7-13(8-4-1)11-12-15-14-9-5-2-6-10-14;;/h2,5-6,9-13H,1,3-4,7-8H2;2*1H2. The van der Waals surface area contributed by atoms with E-state index in [-0.39, 0.29) is 11.0 Å². The van der Waals surface area contributed by atoms with Crippen molar-refractivity contribution in [2.24, 2.45) is 5.92 Å². The van der Waals surface area contributed by atoms with Gasteiger partial charge in [-0.05, 0) is 18.8 Å². The highest BCUT2D eigenvalue weighted by molar-refractivity contribution is 6.58. The SMILES string of the molecule is O.O.[B](C=CC1CCCCC1)c1ccccc1. The molecule has 0 atom stereocenters. The van der Waals surface area contributed by atoms with Gasteiger partial charge in [-0.3, -0.25) is 0 Å². The van der Waals surface area contributed by atoms with Gasteiger partial charge < -0.3 is 11.0 Å². The monoisotopic (exact) mass is 233 g/mol. The minimum absolute atomic E-state index is 0. The van der Waals surface area contributed by atoms with Gasteiger partial charge in [-0.15, -0.1) is 5.98 Å². The van der Waals surface area contributed by atoms with E-state index < -0.39 is 0 Å². The number of hydrogen-bond donors (Lipinski definition) is 0. The van der Waals surface area contributed by atoms with Gasteiger partial charge in [0.05, 0.1) is 0 Å². The Morgan fingerprint density at radius 3 is 2.24 bits per heavy atom. The van der Waals surface area contributed by atoms with Crippen LogP contribution in [0.15, 0.2) is 42.4 Å². The quantitative estimate of drug-likeness (QED) is 0.709. The molecule has 1 aromatic carbocycles. The highest BCUT2D eigenvalue weighted by Crippen LogP contribution is 2.24. The van der Waals surface area contributed by atoms with Crippen molar-refractivity contribution in [1.82, 2.24) is 0 Å². The Morgan fingerprint density at radius 1 is 0.941 bits per heavy atom. The number of benzene rings is 1. The van der Waals surface area contributed by atoms with E-state index in [0.29, 0.717) is 0 Å². The summed E-state index contributed by atoms with van der Waals surface area (Å²) in [5, 5.41) is 0. The van der Waals surface area contributed by atoms with Crippen LogP contribution in [0.1, 0.15) is 32.1 Å². The first-order valence-corrected chi connectivity index (χ1v) is 6.02. The van der Waals surface area contributed by atoms with Gasteiger partial charge in [0.15, 0.2) is 7.28 Å². The summed E-state index contributed by atoms with van der Waals surface area (Å²) in [5.41, 5.74) is 1.30. The third kappa shape index (κ3) is 5.71. The molecule has 0 aliphatic heterocycles. The average Bonchev–Trinajstić information content (AvgIpc) is 2.32. The molecule has 1 aliphatic carbocycles. The smallest absolute Gasteiger partial charge is 0.180 e. The Balaban J connectivity index is 0.00000128. The first kappa shape index (κ1) is 15.9. The minimum atomic E-state index is 0. The van der Waals surface area contributed by atoms with Crippen molar-refractivity contribution in [2.75, 3.05) is 0 Å². The summed E-state index contributed by atoms with van der Waals surface area (Å²) in [6.07, 6.45) is 9.43. The van der Waals surface area contributed by atoms with Crippen LogP contribution in [0.25, 0.3) is 0 Å². The van der Waals surface area contributed by atoms with E-state index in [0.717, 1.165) is 5.92 Å². The van der Waals surface area contributed by atoms with Crippen LogP contribution in [-0.4, -0.2) is 18.2 Å². The Kier molecular flexibility index (Phi) is 8.46. The van der Waals surface area contributed by atoms with E-state index >= 15 is 0 Å². The fourth-order valence-corrected chi connectivity index (χ4v) is 2.21. The van der Waals surface area contributed by atoms with Crippen LogP contribution in [0.3, 0.4) is 0 Å². The van der Waals surface area contributed by atoms with Crippen LogP contribution < -0.4 is 5.46 Å². The zero-order valence-corrected chi connectivity index (χ0v) is 10.2. The number of allylic oxidation sites excluding steroid dienone is 1. The maximum absolute atomic E-state index is 2.38. The Hall–Kier alpha value is -1.06. The lowest BCUT2D eigenvalue weighted by Gasteiger charge is -2.17. The van der Waals surface area contributed by atoms with E-state index in [2.05, 4.69) is 49.7 Å². The van der Waals surface area contributed by atoms with Gasteiger partial charge in [0.25, 0.3) is 0 Å². The maximum Gasteiger partial charge on any atom is 0.180 e. The van der Waals surface area contributed by atoms with Gasteiger partial charge in [-0.2, -0.15) is 0 Å². The second-order valence-electron chi connectivity index (χ2n) is 4.36. The van der Waals surface area contributed by atoms with Crippen molar-refractivity contribution >= 4 is 12.7 Å². The number of rotatable bonds is 3. The lowest BCUT2D eigenvalue weighted by Crippen LogP contribution is -2.11. The molecule has 0 aromatic heterocycles. The molecule has 0 saturated heterocycles. The Labute approximate surface area is 105 Å². The summed E-state index contributed by atoms with van der Waals surface area (Å²) >= 11 is 0. The molecule has 0 unspecified atom stereocenters. The summed E-state index contributed by atoms with van der Waals surface area (Å²) in [7, 11) is 2.20. The van der Waals surface area contributed by atoms with E-state index in [1.807, 2.05) is 0 Å². The molecule has 0 bridgehead atoms. The molecule has 0 spiro atoms. The molecule has 1 fully saturated rings. The van der Waals surface area contributed by atoms with Gasteiger partial charge in [-0.1, -0.05) is 61.1 Å². The van der Waals surface area contributed by atoms with Crippen molar-refractivity contribution in [1.29, 1.82) is 0 Å². The fourth-order valence-electron chi connectivity index (χ4n) is 2.21. The molecule has 0 heterocycles. The van der Waals surface area contributed by atoms with Crippen LogP contribution in [0.2, 0.25) is 0 Å². The van der Waals surface area contributed by atoms with Crippen LogP contribution in [-0.2, 0) is 0 Å². The van der Waals surface area contributed by atoms with Crippen LogP contribution >= 0.6 is 0 Å². The van der Waals surface area contributed by atoms with Crippen molar-refractivity contribution in [3.05, 3.63) is 42.4 Å². The van der Waals surface area contributed by atoms with Crippen molar-refractivity contribution < 1.29 is 11.0 Å². The van der Waals surface area contributed by atoms with E-state index in [9.17, 15) is 0 Å². The summed E-state index contributed by atoms with van der Waals surface area (Å²) < 4.78 is 0. The first-order valence-electron chi connectivity index (χ1n) is 6.02. The van der Waals surface area contributed by atoms with E-state index in [1.165, 1.54) is 37.6 Å². The van der Waals surface area contributed by atoms with Gasteiger partial charge in [-0.25, -0.2) is 0 Å². The average molecular weight is 233 g/mol. The van der Waals surface area contributed by atoms with Crippen LogP contribution in [0, 0.1) is 5.92 Å². The molecule has 2 rings (SSSR count). The summed E-state index contributed by atoms with van der Waals surface area (Å²) in [6.45, 7) is 0. The fraction of sp³-hybridized carbons (Fsp3) is 0.429. The molecule has 1 aliphatic rings. The van der Waals surface area contributed by atoms with Crippen molar-refractivity contribution in [2.45, 2.75) is 32.1 Å². The molecule has 1 aromatic rings. The summed E-state index contributed by atoms with van der Waals surface area (Å²) in [6, 6.07) is 10.5. The molecule has 3 heteroatoms. The predicted molar refractivity (Wildman–Crippen MR) is 74.8 cm³/mol. The molecule has 17 heavy (non-hydrogen) atoms. The topological polar surface area (TPSA) is 63.0 Å². The van der Waals surface area contributed by atoms with Crippen molar-refractivity contribution in [3.8, 4) is 0 Å². The Morgan fingerprint density at radius 2 is 1.59 bits per heavy atom. The predicted octanol–water partition coefficient (Wildman–Crippen LogP) is 1.46. The van der Waals surface area contributed by atoms with E-state index in [1.54, 1.807) is 0 Å². The molecular weight excluding hydrogens is 211 g/mol. The molecule has 1 saturated carbocycles. The molecule has 1 radical (unpaired) electrons. The summed E-state index contributed by atoms with van der Waals surface area (Å²) in [4.78, 5) is 0. The molecule has 4 N–H and O–H groups in total. The second kappa shape index (κ2) is 9.02. The van der Waals surface area contributed by atoms with E-state index in [4.69, 9.17) is 0 Å². The third-order valence-corrected chi connectivity index (χ3v) is 3.12. The molecule has 0 amide bonds. The van der Waals surface area contributed by atoms with Gasteiger partial charge in [0, 0.05) is 0 Å². The van der Waals surface area contributed by atoms with Gasteiger partial charge in [0.2, 0.25) is 0 Å². The normalized spacial score (nSPS) is 16.0. The minimum Gasteiger partial charge on any atom is -0.412 e. The van der Waals surface area contributed by atoms with Crippen molar-refractivity contribution in [3.63, 3.8) is 0 Å². The second-order valence-corrected chi connectivity index (χ2v) is 4.36. The number of hydrogen-bond acceptors (Lipinski definition) is 0. The Bertz CT molecular complexity index is 305. The molecular formula is C14H22BO2. The zero-order chi connectivity index (χ0) is 10.3. The third-order valence-electron chi connectivity index (χ3n) is 3.12. The highest BCUT2D eigenvalue weighted by Gasteiger charge is 2.09. The van der Waals surface area contributed by atoms with Gasteiger partial charge >= 0.3 is 0 Å². The zero-order valence-electron chi connectivity index (χ0n) is 10.2. The largest absolute Gasteiger partial charge is 0.412 e. The summed E-state index contributed by atoms with van der Waals surface area (Å²) in [5.74, 6) is 3.06.